The molecule has 2 fully saturated rings. The van der Waals surface area contributed by atoms with E-state index in [2.05, 4.69) is 9.88 Å². The third-order valence-corrected chi connectivity index (χ3v) is 5.13. The minimum atomic E-state index is -1.30. The summed E-state index contributed by atoms with van der Waals surface area (Å²) in [6, 6.07) is 1.28. The first-order chi connectivity index (χ1) is 12.5. The van der Waals surface area contributed by atoms with Crippen LogP contribution in [0.2, 0.25) is 0 Å². The quantitative estimate of drug-likeness (QED) is 0.898. The fourth-order valence-electron chi connectivity index (χ4n) is 3.50. The summed E-state index contributed by atoms with van der Waals surface area (Å²) < 4.78 is 16.5. The molecule has 1 aliphatic carbocycles. The molecule has 138 valence electrons. The molecule has 26 heavy (non-hydrogen) atoms. The van der Waals surface area contributed by atoms with Crippen molar-refractivity contribution in [2.45, 2.75) is 25.3 Å². The highest BCUT2D eigenvalue weighted by molar-refractivity contribution is 5.92. The Morgan fingerprint density at radius 3 is 2.73 bits per heavy atom. The lowest BCUT2D eigenvalue weighted by molar-refractivity contribution is 0.0695. The Morgan fingerprint density at radius 1 is 1.27 bits per heavy atom. The molecule has 1 saturated carbocycles. The van der Waals surface area contributed by atoms with Gasteiger partial charge in [-0.1, -0.05) is 0 Å². The van der Waals surface area contributed by atoms with Crippen molar-refractivity contribution in [1.29, 1.82) is 0 Å². The molecule has 1 N–H and O–H groups in total. The number of anilines is 1. The molecule has 0 radical (unpaired) electrons. The molecule has 0 bridgehead atoms. The average molecular weight is 360 g/mol. The number of rotatable bonds is 3. The van der Waals surface area contributed by atoms with Crippen LogP contribution in [0.5, 0.6) is 0 Å². The summed E-state index contributed by atoms with van der Waals surface area (Å²) in [4.78, 5) is 32.5. The molecule has 3 heterocycles. The Kier molecular flexibility index (Phi) is 4.14. The van der Waals surface area contributed by atoms with Gasteiger partial charge in [0, 0.05) is 31.9 Å². The molecule has 0 spiro atoms. The average Bonchev–Trinajstić information content (AvgIpc) is 3.43. The number of aromatic carboxylic acids is 1. The molecule has 0 aromatic carbocycles. The molecule has 0 amide bonds. The highest BCUT2D eigenvalue weighted by Crippen LogP contribution is 2.37. The summed E-state index contributed by atoms with van der Waals surface area (Å²) in [5, 5.41) is 9.33. The molecule has 0 atom stereocenters. The van der Waals surface area contributed by atoms with Gasteiger partial charge >= 0.3 is 5.97 Å². The predicted octanol–water partition coefficient (Wildman–Crippen LogP) is 1.71. The zero-order valence-electron chi connectivity index (χ0n) is 14.6. The predicted molar refractivity (Wildman–Crippen MR) is 95.5 cm³/mol. The van der Waals surface area contributed by atoms with Gasteiger partial charge < -0.3 is 19.5 Å². The van der Waals surface area contributed by atoms with Gasteiger partial charge in [0.05, 0.1) is 5.39 Å². The summed E-state index contributed by atoms with van der Waals surface area (Å²) >= 11 is 0. The fraction of sp³-hybridized carbons (Fsp3) is 0.500. The monoisotopic (exact) mass is 360 g/mol. The maximum Gasteiger partial charge on any atom is 0.341 e. The van der Waals surface area contributed by atoms with E-state index in [-0.39, 0.29) is 22.8 Å². The van der Waals surface area contributed by atoms with Crippen molar-refractivity contribution in [3.05, 3.63) is 33.9 Å². The molecule has 2 aliphatic rings. The number of carboxylic acid groups (broad SMARTS) is 1. The van der Waals surface area contributed by atoms with E-state index in [9.17, 15) is 19.1 Å². The number of carbonyl (C=O) groups is 1. The number of aromatic nitrogens is 2. The first-order valence-electron chi connectivity index (χ1n) is 8.88. The molecule has 4 rings (SSSR count). The molecule has 2 aromatic rings. The van der Waals surface area contributed by atoms with Crippen molar-refractivity contribution in [3.63, 3.8) is 0 Å². The van der Waals surface area contributed by atoms with Crippen LogP contribution in [-0.2, 0) is 0 Å². The smallest absolute Gasteiger partial charge is 0.341 e. The fourth-order valence-corrected chi connectivity index (χ4v) is 3.50. The summed E-state index contributed by atoms with van der Waals surface area (Å²) in [5.41, 5.74) is -0.649. The van der Waals surface area contributed by atoms with Crippen molar-refractivity contribution in [2.75, 3.05) is 38.1 Å². The van der Waals surface area contributed by atoms with Gasteiger partial charge in [-0.05, 0) is 38.9 Å². The van der Waals surface area contributed by atoms with Gasteiger partial charge in [0.2, 0.25) is 5.43 Å². The lowest BCUT2D eigenvalue weighted by Gasteiger charge is -2.23. The van der Waals surface area contributed by atoms with Crippen LogP contribution >= 0.6 is 0 Å². The van der Waals surface area contributed by atoms with Crippen LogP contribution in [0.25, 0.3) is 11.0 Å². The largest absolute Gasteiger partial charge is 0.477 e. The number of nitrogens with zero attached hydrogens (tertiary/aromatic N) is 4. The van der Waals surface area contributed by atoms with Crippen LogP contribution in [0.15, 0.2) is 17.1 Å². The topological polar surface area (TPSA) is 78.7 Å². The van der Waals surface area contributed by atoms with Crippen LogP contribution in [0, 0.1) is 5.82 Å². The van der Waals surface area contributed by atoms with Crippen molar-refractivity contribution < 1.29 is 14.3 Å². The Bertz CT molecular complexity index is 938. The maximum absolute atomic E-state index is 14.8. The molecule has 1 aliphatic heterocycles. The summed E-state index contributed by atoms with van der Waals surface area (Å²) in [6.45, 7) is 3.11. The lowest BCUT2D eigenvalue weighted by atomic mass is 10.2. The van der Waals surface area contributed by atoms with Crippen LogP contribution in [-0.4, -0.2) is 58.8 Å². The highest BCUT2D eigenvalue weighted by atomic mass is 19.1. The second-order valence-electron chi connectivity index (χ2n) is 7.12. The molecule has 8 heteroatoms. The van der Waals surface area contributed by atoms with Gasteiger partial charge in [0.1, 0.15) is 11.2 Å². The Hall–Kier alpha value is -2.48. The lowest BCUT2D eigenvalue weighted by Crippen LogP contribution is -2.30. The normalized spacial score (nSPS) is 18.9. The molecular weight excluding hydrogens is 339 g/mol. The van der Waals surface area contributed by atoms with Crippen molar-refractivity contribution in [2.24, 2.45) is 0 Å². The van der Waals surface area contributed by atoms with Gasteiger partial charge in [-0.3, -0.25) is 4.79 Å². The molecule has 7 nitrogen and oxygen atoms in total. The maximum atomic E-state index is 14.8. The Labute approximate surface area is 149 Å². The van der Waals surface area contributed by atoms with E-state index in [0.717, 1.165) is 38.4 Å². The van der Waals surface area contributed by atoms with Gasteiger partial charge in [-0.25, -0.2) is 14.2 Å². The van der Waals surface area contributed by atoms with Crippen molar-refractivity contribution in [3.8, 4) is 0 Å². The third kappa shape index (κ3) is 2.94. The van der Waals surface area contributed by atoms with Crippen molar-refractivity contribution >= 4 is 22.8 Å². The molecule has 1 saturated heterocycles. The SMILES string of the molecule is CN1CCCN(c2nc3c(cc2F)c(=O)c(C(=O)O)cn3C2CC2)CC1. The zero-order chi connectivity index (χ0) is 18.4. The van der Waals surface area contributed by atoms with Gasteiger partial charge in [0.15, 0.2) is 11.6 Å². The summed E-state index contributed by atoms with van der Waals surface area (Å²) in [5.74, 6) is -1.64. The Morgan fingerprint density at radius 2 is 2.04 bits per heavy atom. The van der Waals surface area contributed by atoms with E-state index in [4.69, 9.17) is 0 Å². The molecule has 2 aromatic heterocycles. The standard InChI is InChI=1S/C18H21FN4O3/c1-21-5-2-6-22(8-7-21)17-14(19)9-12-15(24)13(18(25)26)10-23(11-3-4-11)16(12)20-17/h9-11H,2-8H2,1H3,(H,25,26). The number of hydrogen-bond acceptors (Lipinski definition) is 5. The zero-order valence-corrected chi connectivity index (χ0v) is 14.6. The van der Waals surface area contributed by atoms with Crippen molar-refractivity contribution in [1.82, 2.24) is 14.5 Å². The van der Waals surface area contributed by atoms with Crippen LogP contribution in [0.4, 0.5) is 10.2 Å². The van der Waals surface area contributed by atoms with Gasteiger partial charge in [-0.15, -0.1) is 0 Å². The van der Waals surface area contributed by atoms with Gasteiger partial charge in [0.25, 0.3) is 0 Å². The van der Waals surface area contributed by atoms with E-state index in [1.54, 1.807) is 4.57 Å². The second-order valence-corrected chi connectivity index (χ2v) is 7.12. The minimum absolute atomic E-state index is 0.0324. The molecular formula is C18H21FN4O3. The number of pyridine rings is 2. The second kappa shape index (κ2) is 6.35. The number of likely N-dealkylation sites (N-methyl/N-ethyl adjacent to an activating group) is 1. The van der Waals surface area contributed by atoms with E-state index in [1.807, 2.05) is 11.9 Å². The first-order valence-corrected chi connectivity index (χ1v) is 8.88. The van der Waals surface area contributed by atoms with Crippen LogP contribution in [0.1, 0.15) is 35.7 Å². The van der Waals surface area contributed by atoms with Crippen LogP contribution < -0.4 is 10.3 Å². The minimum Gasteiger partial charge on any atom is -0.477 e. The number of fused-ring (bicyclic) bond motifs is 1. The molecule has 0 unspecified atom stereocenters. The highest BCUT2D eigenvalue weighted by Gasteiger charge is 2.29. The third-order valence-electron chi connectivity index (χ3n) is 5.13. The number of hydrogen-bond donors (Lipinski definition) is 1. The van der Waals surface area contributed by atoms with E-state index >= 15 is 0 Å². The number of carboxylic acids is 1. The Balaban J connectivity index is 1.88. The first kappa shape index (κ1) is 17.0. The van der Waals surface area contributed by atoms with E-state index in [1.165, 1.54) is 6.20 Å². The van der Waals surface area contributed by atoms with E-state index in [0.29, 0.717) is 18.7 Å². The summed E-state index contributed by atoms with van der Waals surface area (Å²) in [7, 11) is 2.03. The number of halogens is 1. The van der Waals surface area contributed by atoms with E-state index < -0.39 is 17.2 Å². The van der Waals surface area contributed by atoms with Gasteiger partial charge in [-0.2, -0.15) is 0 Å². The summed E-state index contributed by atoms with van der Waals surface area (Å²) in [6.07, 6.45) is 4.07. The van der Waals surface area contributed by atoms with Crippen LogP contribution in [0.3, 0.4) is 0 Å².